The highest BCUT2D eigenvalue weighted by Gasteiger charge is 2.10. The van der Waals surface area contributed by atoms with E-state index in [1.54, 1.807) is 11.1 Å². The van der Waals surface area contributed by atoms with Crippen LogP contribution in [0.2, 0.25) is 0 Å². The Morgan fingerprint density at radius 2 is 1.85 bits per heavy atom. The van der Waals surface area contributed by atoms with Crippen molar-refractivity contribution >= 4 is 0 Å². The Morgan fingerprint density at radius 3 is 2.70 bits per heavy atom. The first-order chi connectivity index (χ1) is 9.92. The van der Waals surface area contributed by atoms with Crippen LogP contribution in [0.1, 0.15) is 48.8 Å². The van der Waals surface area contributed by atoms with Crippen molar-refractivity contribution in [2.75, 3.05) is 26.2 Å². The van der Waals surface area contributed by atoms with E-state index < -0.39 is 0 Å². The zero-order valence-electron chi connectivity index (χ0n) is 12.7. The minimum atomic E-state index is 1.06. The van der Waals surface area contributed by atoms with Crippen molar-refractivity contribution in [3.05, 3.63) is 34.9 Å². The van der Waals surface area contributed by atoms with Crippen molar-refractivity contribution in [1.82, 2.24) is 10.2 Å². The molecular formula is C18H28N2. The molecule has 2 aliphatic heterocycles. The Bertz CT molecular complexity index is 419. The molecule has 1 aromatic rings. The first-order valence-corrected chi connectivity index (χ1v) is 8.45. The quantitative estimate of drug-likeness (QED) is 0.906. The minimum Gasteiger partial charge on any atom is -0.312 e. The number of likely N-dealkylation sites (tertiary alicyclic amines) is 1. The largest absolute Gasteiger partial charge is 0.312 e. The summed E-state index contributed by atoms with van der Waals surface area (Å²) >= 11 is 0. The fourth-order valence-corrected chi connectivity index (χ4v) is 3.55. The Labute approximate surface area is 123 Å². The van der Waals surface area contributed by atoms with Crippen LogP contribution in [0, 0.1) is 0 Å². The topological polar surface area (TPSA) is 15.3 Å². The van der Waals surface area contributed by atoms with Gasteiger partial charge in [-0.25, -0.2) is 0 Å². The predicted molar refractivity (Wildman–Crippen MR) is 85.1 cm³/mol. The zero-order chi connectivity index (χ0) is 13.6. The van der Waals surface area contributed by atoms with E-state index in [0.717, 1.165) is 13.1 Å². The smallest absolute Gasteiger partial charge is 0.0208 e. The number of hydrogen-bond donors (Lipinski definition) is 1. The van der Waals surface area contributed by atoms with Gasteiger partial charge in [-0.1, -0.05) is 31.0 Å². The summed E-state index contributed by atoms with van der Waals surface area (Å²) in [6.07, 6.45) is 9.46. The fraction of sp³-hybridized carbons (Fsp3) is 0.667. The molecule has 0 atom stereocenters. The maximum absolute atomic E-state index is 3.45. The van der Waals surface area contributed by atoms with Crippen LogP contribution in [0.5, 0.6) is 0 Å². The number of benzene rings is 1. The lowest BCUT2D eigenvalue weighted by Crippen LogP contribution is -2.26. The van der Waals surface area contributed by atoms with Crippen LogP contribution in [0.4, 0.5) is 0 Å². The van der Waals surface area contributed by atoms with Gasteiger partial charge in [-0.2, -0.15) is 0 Å². The molecule has 1 N–H and O–H groups in total. The van der Waals surface area contributed by atoms with E-state index in [1.807, 2.05) is 0 Å². The van der Waals surface area contributed by atoms with Gasteiger partial charge in [-0.05, 0) is 75.0 Å². The van der Waals surface area contributed by atoms with Gasteiger partial charge < -0.3 is 10.2 Å². The van der Waals surface area contributed by atoms with Crippen LogP contribution in [-0.4, -0.2) is 31.1 Å². The Balaban J connectivity index is 1.48. The van der Waals surface area contributed by atoms with Crippen LogP contribution in [0.3, 0.4) is 0 Å². The van der Waals surface area contributed by atoms with Gasteiger partial charge in [-0.3, -0.25) is 0 Å². The molecule has 1 aromatic carbocycles. The number of rotatable bonds is 4. The molecule has 1 fully saturated rings. The van der Waals surface area contributed by atoms with E-state index >= 15 is 0 Å². The van der Waals surface area contributed by atoms with Crippen molar-refractivity contribution < 1.29 is 0 Å². The van der Waals surface area contributed by atoms with E-state index in [9.17, 15) is 0 Å². The zero-order valence-corrected chi connectivity index (χ0v) is 12.7. The van der Waals surface area contributed by atoms with Gasteiger partial charge in [0.25, 0.3) is 0 Å². The van der Waals surface area contributed by atoms with E-state index in [2.05, 4.69) is 28.4 Å². The number of nitrogens with one attached hydrogen (secondary N) is 1. The van der Waals surface area contributed by atoms with E-state index in [0.29, 0.717) is 0 Å². The Hall–Kier alpha value is -0.860. The highest BCUT2D eigenvalue weighted by Crippen LogP contribution is 2.17. The molecule has 0 radical (unpaired) electrons. The van der Waals surface area contributed by atoms with Crippen molar-refractivity contribution in [2.45, 2.75) is 51.5 Å². The normalized spacial score (nSPS) is 20.4. The van der Waals surface area contributed by atoms with Gasteiger partial charge in [0.05, 0.1) is 0 Å². The predicted octanol–water partition coefficient (Wildman–Crippen LogP) is 3.14. The van der Waals surface area contributed by atoms with Gasteiger partial charge in [0, 0.05) is 6.54 Å². The minimum absolute atomic E-state index is 1.06. The second kappa shape index (κ2) is 7.24. The Morgan fingerprint density at radius 1 is 1.00 bits per heavy atom. The van der Waals surface area contributed by atoms with Crippen LogP contribution < -0.4 is 5.32 Å². The highest BCUT2D eigenvalue weighted by molar-refractivity contribution is 5.33. The van der Waals surface area contributed by atoms with Gasteiger partial charge >= 0.3 is 0 Å². The first-order valence-electron chi connectivity index (χ1n) is 8.45. The second-order valence-corrected chi connectivity index (χ2v) is 6.39. The van der Waals surface area contributed by atoms with Gasteiger partial charge in [0.2, 0.25) is 0 Å². The molecule has 0 spiro atoms. The molecule has 110 valence electrons. The van der Waals surface area contributed by atoms with E-state index in [4.69, 9.17) is 0 Å². The number of fused-ring (bicyclic) bond motifs is 1. The van der Waals surface area contributed by atoms with Crippen molar-refractivity contribution in [3.8, 4) is 0 Å². The summed E-state index contributed by atoms with van der Waals surface area (Å²) in [5, 5.41) is 3.45. The third kappa shape index (κ3) is 3.83. The molecule has 1 saturated heterocycles. The third-order valence-corrected chi connectivity index (χ3v) is 4.80. The van der Waals surface area contributed by atoms with Crippen molar-refractivity contribution in [1.29, 1.82) is 0 Å². The molecule has 2 heterocycles. The summed E-state index contributed by atoms with van der Waals surface area (Å²) in [6.45, 7) is 6.15. The number of nitrogens with zero attached hydrogens (tertiary/aromatic N) is 1. The summed E-state index contributed by atoms with van der Waals surface area (Å²) < 4.78 is 0. The number of aryl methyl sites for hydroxylation is 1. The number of hydrogen-bond acceptors (Lipinski definition) is 2. The summed E-state index contributed by atoms with van der Waals surface area (Å²) in [5.74, 6) is 0. The van der Waals surface area contributed by atoms with Gasteiger partial charge in [-0.15, -0.1) is 0 Å². The van der Waals surface area contributed by atoms with Crippen LogP contribution in [0.15, 0.2) is 18.2 Å². The van der Waals surface area contributed by atoms with Crippen LogP contribution in [0.25, 0.3) is 0 Å². The SMILES string of the molecule is c1cc2c(cc1CCCN1CCCCCC1)CCNC2. The fourth-order valence-electron chi connectivity index (χ4n) is 3.55. The Kier molecular flexibility index (Phi) is 5.10. The molecule has 0 unspecified atom stereocenters. The maximum atomic E-state index is 3.45. The molecule has 3 rings (SSSR count). The maximum Gasteiger partial charge on any atom is 0.0208 e. The summed E-state index contributed by atoms with van der Waals surface area (Å²) in [4.78, 5) is 2.68. The standard InChI is InChI=1S/C18H28N2/c1-2-4-12-20(11-3-1)13-5-6-16-7-8-18-15-19-10-9-17(18)14-16/h7-8,14,19H,1-6,9-13,15H2. The van der Waals surface area contributed by atoms with Crippen LogP contribution in [-0.2, 0) is 19.4 Å². The van der Waals surface area contributed by atoms with Crippen molar-refractivity contribution in [3.63, 3.8) is 0 Å². The van der Waals surface area contributed by atoms with Crippen LogP contribution >= 0.6 is 0 Å². The second-order valence-electron chi connectivity index (χ2n) is 6.39. The molecule has 0 amide bonds. The average molecular weight is 272 g/mol. The highest BCUT2D eigenvalue weighted by atomic mass is 15.1. The molecule has 0 bridgehead atoms. The summed E-state index contributed by atoms with van der Waals surface area (Å²) in [6, 6.07) is 7.13. The van der Waals surface area contributed by atoms with Gasteiger partial charge in [0.1, 0.15) is 0 Å². The van der Waals surface area contributed by atoms with E-state index in [-0.39, 0.29) is 0 Å². The third-order valence-electron chi connectivity index (χ3n) is 4.80. The monoisotopic (exact) mass is 272 g/mol. The summed E-state index contributed by atoms with van der Waals surface area (Å²) in [5.41, 5.74) is 4.63. The lowest BCUT2D eigenvalue weighted by molar-refractivity contribution is 0.281. The lowest BCUT2D eigenvalue weighted by atomic mass is 9.97. The van der Waals surface area contributed by atoms with Crippen molar-refractivity contribution in [2.24, 2.45) is 0 Å². The molecule has 2 heteroatoms. The molecule has 0 aromatic heterocycles. The average Bonchev–Trinajstić information content (AvgIpc) is 2.76. The van der Waals surface area contributed by atoms with Gasteiger partial charge in [0.15, 0.2) is 0 Å². The first kappa shape index (κ1) is 14.1. The molecule has 2 aliphatic rings. The summed E-state index contributed by atoms with van der Waals surface area (Å²) in [7, 11) is 0. The molecular weight excluding hydrogens is 244 g/mol. The molecule has 0 saturated carbocycles. The molecule has 2 nitrogen and oxygen atoms in total. The molecule has 0 aliphatic carbocycles. The molecule has 20 heavy (non-hydrogen) atoms. The lowest BCUT2D eigenvalue weighted by Gasteiger charge is -2.20. The van der Waals surface area contributed by atoms with E-state index in [1.165, 1.54) is 70.1 Å².